The molecule has 0 aliphatic heterocycles. The number of ether oxygens (including phenoxy) is 1. The Morgan fingerprint density at radius 2 is 2.26 bits per heavy atom. The highest BCUT2D eigenvalue weighted by Crippen LogP contribution is 2.34. The van der Waals surface area contributed by atoms with Crippen molar-refractivity contribution in [2.45, 2.75) is 32.4 Å². The van der Waals surface area contributed by atoms with E-state index in [0.717, 1.165) is 29.7 Å². The lowest BCUT2D eigenvalue weighted by Crippen LogP contribution is -2.28. The molecule has 8 heteroatoms. The highest BCUT2D eigenvalue weighted by molar-refractivity contribution is 5.93. The summed E-state index contributed by atoms with van der Waals surface area (Å²) < 4.78 is 11.8. The molecule has 0 spiro atoms. The molecule has 0 unspecified atom stereocenters. The number of fused-ring (bicyclic) bond motifs is 1. The van der Waals surface area contributed by atoms with Gasteiger partial charge in [-0.15, -0.1) is 0 Å². The lowest BCUT2D eigenvalue weighted by atomic mass is 10.0. The molecule has 8 nitrogen and oxygen atoms in total. The molecule has 0 bridgehead atoms. The van der Waals surface area contributed by atoms with Crippen LogP contribution in [0.15, 0.2) is 28.8 Å². The average molecular weight is 367 g/mol. The smallest absolute Gasteiger partial charge is 0.270 e. The predicted octanol–water partition coefficient (Wildman–Crippen LogP) is 2.34. The molecule has 0 radical (unpaired) electrons. The van der Waals surface area contributed by atoms with Gasteiger partial charge in [0.15, 0.2) is 0 Å². The van der Waals surface area contributed by atoms with Crippen LogP contribution in [0.5, 0.6) is 0 Å². The van der Waals surface area contributed by atoms with Gasteiger partial charge < -0.3 is 14.6 Å². The molecule has 2 aromatic heterocycles. The maximum Gasteiger partial charge on any atom is 0.270 e. The number of aromatic nitrogens is 4. The lowest BCUT2D eigenvalue weighted by molar-refractivity contribution is 0.0927. The van der Waals surface area contributed by atoms with Gasteiger partial charge in [-0.25, -0.2) is 0 Å². The van der Waals surface area contributed by atoms with Crippen LogP contribution in [0.3, 0.4) is 0 Å². The first kappa shape index (κ1) is 17.4. The molecule has 4 rings (SSSR count). The summed E-state index contributed by atoms with van der Waals surface area (Å²) in [6.45, 7) is 2.17. The number of nitrogens with one attached hydrogen (secondary N) is 1. The number of methoxy groups -OCH3 is 1. The summed E-state index contributed by atoms with van der Waals surface area (Å²) in [4.78, 5) is 16.9. The van der Waals surface area contributed by atoms with E-state index in [2.05, 4.69) is 26.6 Å². The van der Waals surface area contributed by atoms with Crippen molar-refractivity contribution in [1.29, 1.82) is 0 Å². The van der Waals surface area contributed by atoms with Gasteiger partial charge in [0.05, 0.1) is 11.7 Å². The van der Waals surface area contributed by atoms with Crippen molar-refractivity contribution in [2.75, 3.05) is 7.11 Å². The molecular weight excluding hydrogens is 346 g/mol. The van der Waals surface area contributed by atoms with E-state index < -0.39 is 0 Å². The summed E-state index contributed by atoms with van der Waals surface area (Å²) in [6, 6.07) is 7.84. The maximum atomic E-state index is 12.6. The Hall–Kier alpha value is -3.00. The van der Waals surface area contributed by atoms with Crippen LogP contribution < -0.4 is 5.32 Å². The zero-order valence-electron chi connectivity index (χ0n) is 15.5. The largest absolute Gasteiger partial charge is 0.375 e. The van der Waals surface area contributed by atoms with Gasteiger partial charge in [-0.3, -0.25) is 9.48 Å². The van der Waals surface area contributed by atoms with Crippen LogP contribution in [-0.2, 0) is 24.8 Å². The number of carbonyl (C=O) groups is 1. The third kappa shape index (κ3) is 3.35. The van der Waals surface area contributed by atoms with Crippen molar-refractivity contribution < 1.29 is 14.1 Å². The highest BCUT2D eigenvalue weighted by atomic mass is 16.5. The molecule has 140 valence electrons. The van der Waals surface area contributed by atoms with Crippen LogP contribution in [0.2, 0.25) is 0 Å². The van der Waals surface area contributed by atoms with Gasteiger partial charge in [0.2, 0.25) is 5.82 Å². The minimum atomic E-state index is -0.109. The van der Waals surface area contributed by atoms with Crippen LogP contribution in [0.25, 0.3) is 11.4 Å². The molecule has 0 fully saturated rings. The van der Waals surface area contributed by atoms with Crippen molar-refractivity contribution in [1.82, 2.24) is 25.2 Å². The Labute approximate surface area is 156 Å². The standard InChI is InChI=1S/C19H21N5O3/c1-11-8-16(24(2)22-11)19(25)20-15-7-5-12-9-13(4-6-14(12)15)18-21-17(10-26-3)27-23-18/h4,6,8-9,15H,5,7,10H2,1-3H3,(H,20,25)/t15-/m1/s1. The Balaban J connectivity index is 1.52. The molecule has 1 amide bonds. The molecule has 1 N–H and O–H groups in total. The van der Waals surface area contributed by atoms with Crippen LogP contribution >= 0.6 is 0 Å². The summed E-state index contributed by atoms with van der Waals surface area (Å²) in [6.07, 6.45) is 1.75. The van der Waals surface area contributed by atoms with E-state index in [1.165, 1.54) is 5.56 Å². The minimum Gasteiger partial charge on any atom is -0.375 e. The Bertz CT molecular complexity index is 991. The van der Waals surface area contributed by atoms with Crippen LogP contribution in [0.4, 0.5) is 0 Å². The van der Waals surface area contributed by atoms with Crippen molar-refractivity contribution in [2.24, 2.45) is 7.05 Å². The average Bonchev–Trinajstić information content (AvgIpc) is 3.34. The first-order valence-electron chi connectivity index (χ1n) is 8.81. The van der Waals surface area contributed by atoms with Crippen LogP contribution in [-0.4, -0.2) is 32.9 Å². The van der Waals surface area contributed by atoms with Crippen LogP contribution in [0.1, 0.15) is 45.7 Å². The first-order valence-corrected chi connectivity index (χ1v) is 8.81. The third-order valence-corrected chi connectivity index (χ3v) is 4.75. The number of hydrogen-bond acceptors (Lipinski definition) is 6. The van der Waals surface area contributed by atoms with E-state index in [-0.39, 0.29) is 11.9 Å². The zero-order chi connectivity index (χ0) is 19.0. The highest BCUT2D eigenvalue weighted by Gasteiger charge is 2.26. The molecule has 1 atom stereocenters. The van der Waals surface area contributed by atoms with Gasteiger partial charge in [0, 0.05) is 19.7 Å². The molecule has 1 aliphatic rings. The Morgan fingerprint density at radius 3 is 3.00 bits per heavy atom. The Kier molecular flexibility index (Phi) is 4.49. The molecular formula is C19H21N5O3. The summed E-state index contributed by atoms with van der Waals surface area (Å²) in [7, 11) is 3.36. The first-order chi connectivity index (χ1) is 13.0. The van der Waals surface area contributed by atoms with Gasteiger partial charge in [0.1, 0.15) is 12.3 Å². The zero-order valence-corrected chi connectivity index (χ0v) is 15.5. The normalized spacial score (nSPS) is 15.7. The van der Waals surface area contributed by atoms with E-state index in [1.807, 2.05) is 19.1 Å². The predicted molar refractivity (Wildman–Crippen MR) is 96.9 cm³/mol. The summed E-state index contributed by atoms with van der Waals surface area (Å²) in [5.41, 5.74) is 4.61. The van der Waals surface area contributed by atoms with E-state index >= 15 is 0 Å². The van der Waals surface area contributed by atoms with Crippen molar-refractivity contribution in [3.8, 4) is 11.4 Å². The second-order valence-corrected chi connectivity index (χ2v) is 6.72. The van der Waals surface area contributed by atoms with Gasteiger partial charge >= 0.3 is 0 Å². The number of nitrogens with zero attached hydrogens (tertiary/aromatic N) is 4. The van der Waals surface area contributed by atoms with Gasteiger partial charge in [-0.2, -0.15) is 10.1 Å². The number of benzene rings is 1. The van der Waals surface area contributed by atoms with E-state index in [1.54, 1.807) is 24.9 Å². The lowest BCUT2D eigenvalue weighted by Gasteiger charge is -2.14. The number of carbonyl (C=O) groups excluding carboxylic acids is 1. The van der Waals surface area contributed by atoms with Gasteiger partial charge in [0.25, 0.3) is 11.8 Å². The van der Waals surface area contributed by atoms with Crippen LogP contribution in [0, 0.1) is 6.92 Å². The third-order valence-electron chi connectivity index (χ3n) is 4.75. The number of amides is 1. The molecule has 1 aliphatic carbocycles. The topological polar surface area (TPSA) is 95.1 Å². The minimum absolute atomic E-state index is 0.00826. The quantitative estimate of drug-likeness (QED) is 0.744. The van der Waals surface area contributed by atoms with Gasteiger partial charge in [-0.05, 0) is 43.0 Å². The molecule has 27 heavy (non-hydrogen) atoms. The molecule has 1 aromatic carbocycles. The number of hydrogen-bond donors (Lipinski definition) is 1. The van der Waals surface area contributed by atoms with Crippen molar-refractivity contribution in [3.63, 3.8) is 0 Å². The summed E-state index contributed by atoms with van der Waals surface area (Å²) in [5.74, 6) is 0.884. The molecule has 2 heterocycles. The van der Waals surface area contributed by atoms with Gasteiger partial charge in [-0.1, -0.05) is 17.3 Å². The monoisotopic (exact) mass is 367 g/mol. The fourth-order valence-electron chi connectivity index (χ4n) is 3.52. The number of aryl methyl sites for hydroxylation is 3. The summed E-state index contributed by atoms with van der Waals surface area (Å²) >= 11 is 0. The molecule has 3 aromatic rings. The SMILES string of the molecule is COCc1nc(-c2ccc3c(c2)CC[C@H]3NC(=O)c2cc(C)nn2C)no1. The van der Waals surface area contributed by atoms with Crippen molar-refractivity contribution in [3.05, 3.63) is 52.7 Å². The van der Waals surface area contributed by atoms with E-state index in [4.69, 9.17) is 9.26 Å². The Morgan fingerprint density at radius 1 is 1.41 bits per heavy atom. The molecule has 0 saturated carbocycles. The second kappa shape index (κ2) is 6.96. The fraction of sp³-hybridized carbons (Fsp3) is 0.368. The molecule has 0 saturated heterocycles. The maximum absolute atomic E-state index is 12.6. The van der Waals surface area contributed by atoms with E-state index in [0.29, 0.717) is 24.0 Å². The fourth-order valence-corrected chi connectivity index (χ4v) is 3.52. The number of rotatable bonds is 5. The van der Waals surface area contributed by atoms with Crippen molar-refractivity contribution >= 4 is 5.91 Å². The van der Waals surface area contributed by atoms with E-state index in [9.17, 15) is 4.79 Å². The second-order valence-electron chi connectivity index (χ2n) is 6.72. The summed E-state index contributed by atoms with van der Waals surface area (Å²) in [5, 5.41) is 11.4.